The maximum absolute atomic E-state index is 13.0. The van der Waals surface area contributed by atoms with Gasteiger partial charge in [0.2, 0.25) is 5.91 Å². The minimum atomic E-state index is -4.59. The number of benzene rings is 1. The molecule has 1 atom stereocenters. The number of nitrogens with two attached hydrogens (primary N) is 1. The van der Waals surface area contributed by atoms with Crippen molar-refractivity contribution < 1.29 is 18.0 Å². The van der Waals surface area contributed by atoms with Crippen LogP contribution in [0.15, 0.2) is 18.2 Å². The number of carbonyl (C=O) groups excluding carboxylic acids is 1. The number of halogens is 3. The van der Waals surface area contributed by atoms with Crippen molar-refractivity contribution in [2.75, 3.05) is 5.32 Å². The van der Waals surface area contributed by atoms with Crippen molar-refractivity contribution >= 4 is 28.8 Å². The third kappa shape index (κ3) is 4.70. The lowest BCUT2D eigenvalue weighted by molar-refractivity contribution is -0.137. The van der Waals surface area contributed by atoms with E-state index in [-0.39, 0.29) is 28.1 Å². The van der Waals surface area contributed by atoms with Crippen LogP contribution in [-0.4, -0.2) is 10.9 Å². The molecule has 1 unspecified atom stereocenters. The molecule has 0 aromatic heterocycles. The van der Waals surface area contributed by atoms with Gasteiger partial charge in [0.1, 0.15) is 4.99 Å². The van der Waals surface area contributed by atoms with Crippen molar-refractivity contribution in [1.29, 1.82) is 0 Å². The molecule has 0 heterocycles. The first-order valence-corrected chi connectivity index (χ1v) is 6.89. The van der Waals surface area contributed by atoms with Gasteiger partial charge in [0, 0.05) is 17.2 Å². The van der Waals surface area contributed by atoms with Crippen LogP contribution in [0.2, 0.25) is 0 Å². The molecule has 3 nitrogen and oxygen atoms in total. The molecule has 0 spiro atoms. The molecule has 0 aliphatic carbocycles. The molecule has 116 valence electrons. The van der Waals surface area contributed by atoms with Gasteiger partial charge in [-0.25, -0.2) is 0 Å². The third-order valence-electron chi connectivity index (χ3n) is 3.03. The highest BCUT2D eigenvalue weighted by molar-refractivity contribution is 7.80. The molecule has 0 saturated carbocycles. The number of alkyl halides is 3. The van der Waals surface area contributed by atoms with E-state index >= 15 is 0 Å². The van der Waals surface area contributed by atoms with E-state index in [0.717, 1.165) is 12.5 Å². The van der Waals surface area contributed by atoms with Crippen molar-refractivity contribution in [3.05, 3.63) is 29.3 Å². The summed E-state index contributed by atoms with van der Waals surface area (Å²) in [5, 5.41) is 2.48. The number of thiocarbonyl (C=S) groups is 1. The maximum atomic E-state index is 13.0. The van der Waals surface area contributed by atoms with E-state index in [4.69, 9.17) is 5.73 Å². The SMILES string of the molecule is CCCC(C)C(=O)Nc1ccc(C(N)=S)c(C(F)(F)F)c1. The summed E-state index contributed by atoms with van der Waals surface area (Å²) in [5.41, 5.74) is 4.17. The molecule has 3 N–H and O–H groups in total. The molecular formula is C14H17F3N2OS. The number of amides is 1. The monoisotopic (exact) mass is 318 g/mol. The molecule has 0 aliphatic rings. The van der Waals surface area contributed by atoms with Gasteiger partial charge in [-0.1, -0.05) is 32.5 Å². The van der Waals surface area contributed by atoms with Gasteiger partial charge in [-0.2, -0.15) is 13.2 Å². The summed E-state index contributed by atoms with van der Waals surface area (Å²) in [4.78, 5) is 11.5. The molecule has 21 heavy (non-hydrogen) atoms. The lowest BCUT2D eigenvalue weighted by Crippen LogP contribution is -2.22. The molecule has 1 rings (SSSR count). The van der Waals surface area contributed by atoms with Crippen molar-refractivity contribution in [1.82, 2.24) is 0 Å². The largest absolute Gasteiger partial charge is 0.417 e. The van der Waals surface area contributed by atoms with E-state index in [0.29, 0.717) is 6.42 Å². The fraction of sp³-hybridized carbons (Fsp3) is 0.429. The van der Waals surface area contributed by atoms with Gasteiger partial charge in [-0.05, 0) is 24.6 Å². The van der Waals surface area contributed by atoms with Crippen LogP contribution in [0.25, 0.3) is 0 Å². The molecule has 0 aliphatic heterocycles. The third-order valence-corrected chi connectivity index (χ3v) is 3.25. The highest BCUT2D eigenvalue weighted by atomic mass is 32.1. The smallest absolute Gasteiger partial charge is 0.389 e. The maximum Gasteiger partial charge on any atom is 0.417 e. The van der Waals surface area contributed by atoms with Crippen LogP contribution in [0.3, 0.4) is 0 Å². The zero-order valence-electron chi connectivity index (χ0n) is 11.8. The van der Waals surface area contributed by atoms with E-state index in [1.807, 2.05) is 6.92 Å². The minimum Gasteiger partial charge on any atom is -0.389 e. The molecule has 0 bridgehead atoms. The average molecular weight is 318 g/mol. The number of rotatable bonds is 5. The Morgan fingerprint density at radius 2 is 2.05 bits per heavy atom. The fourth-order valence-corrected chi connectivity index (χ4v) is 2.08. The second-order valence-corrected chi connectivity index (χ2v) is 5.24. The lowest BCUT2D eigenvalue weighted by atomic mass is 10.0. The van der Waals surface area contributed by atoms with E-state index in [1.165, 1.54) is 12.1 Å². The Bertz CT molecular complexity index is 544. The predicted octanol–water partition coefficient (Wildman–Crippen LogP) is 3.71. The molecule has 0 radical (unpaired) electrons. The molecule has 1 amide bonds. The quantitative estimate of drug-likeness (QED) is 0.814. The fourth-order valence-electron chi connectivity index (χ4n) is 1.90. The van der Waals surface area contributed by atoms with Gasteiger partial charge in [-0.15, -0.1) is 0 Å². The van der Waals surface area contributed by atoms with Crippen LogP contribution < -0.4 is 11.1 Å². The van der Waals surface area contributed by atoms with E-state index in [1.54, 1.807) is 6.92 Å². The normalized spacial score (nSPS) is 12.8. The first-order chi connectivity index (χ1) is 9.66. The van der Waals surface area contributed by atoms with Crippen molar-refractivity contribution in [2.45, 2.75) is 32.9 Å². The second kappa shape index (κ2) is 6.89. The molecule has 0 fully saturated rings. The minimum absolute atomic E-state index is 0.0790. The highest BCUT2D eigenvalue weighted by Gasteiger charge is 2.34. The first kappa shape index (κ1) is 17.4. The van der Waals surface area contributed by atoms with Gasteiger partial charge in [-0.3, -0.25) is 4.79 Å². The number of hydrogen-bond donors (Lipinski definition) is 2. The van der Waals surface area contributed by atoms with Gasteiger partial charge in [0.15, 0.2) is 0 Å². The van der Waals surface area contributed by atoms with Crippen molar-refractivity contribution in [2.24, 2.45) is 11.7 Å². The highest BCUT2D eigenvalue weighted by Crippen LogP contribution is 2.34. The standard InChI is InChI=1S/C14H17F3N2OS/c1-3-4-8(2)13(20)19-9-5-6-10(12(18)21)11(7-9)14(15,16)17/h5-8H,3-4H2,1-2H3,(H2,18,21)(H,19,20). The van der Waals surface area contributed by atoms with E-state index < -0.39 is 11.7 Å². The number of nitrogens with one attached hydrogen (secondary N) is 1. The first-order valence-electron chi connectivity index (χ1n) is 6.48. The predicted molar refractivity (Wildman–Crippen MR) is 80.0 cm³/mol. The molecule has 7 heteroatoms. The zero-order valence-corrected chi connectivity index (χ0v) is 12.6. The molecule has 1 aromatic carbocycles. The van der Waals surface area contributed by atoms with Crippen LogP contribution in [0.1, 0.15) is 37.8 Å². The van der Waals surface area contributed by atoms with Crippen molar-refractivity contribution in [3.8, 4) is 0 Å². The van der Waals surface area contributed by atoms with Crippen LogP contribution in [-0.2, 0) is 11.0 Å². The summed E-state index contributed by atoms with van der Waals surface area (Å²) in [7, 11) is 0. The van der Waals surface area contributed by atoms with Gasteiger partial charge < -0.3 is 11.1 Å². The van der Waals surface area contributed by atoms with Gasteiger partial charge in [0.05, 0.1) is 5.56 Å². The van der Waals surface area contributed by atoms with Crippen LogP contribution in [0.4, 0.5) is 18.9 Å². The molecule has 0 saturated heterocycles. The Kier molecular flexibility index (Phi) is 5.71. The zero-order chi connectivity index (χ0) is 16.2. The Balaban J connectivity index is 3.06. The number of hydrogen-bond acceptors (Lipinski definition) is 2. The Morgan fingerprint density at radius 3 is 2.52 bits per heavy atom. The molecule has 1 aromatic rings. The second-order valence-electron chi connectivity index (χ2n) is 4.80. The Morgan fingerprint density at radius 1 is 1.43 bits per heavy atom. The summed E-state index contributed by atoms with van der Waals surface area (Å²) < 4.78 is 38.9. The molecular weight excluding hydrogens is 301 g/mol. The summed E-state index contributed by atoms with van der Waals surface area (Å²) in [6, 6.07) is 3.39. The van der Waals surface area contributed by atoms with E-state index in [2.05, 4.69) is 17.5 Å². The topological polar surface area (TPSA) is 55.1 Å². The summed E-state index contributed by atoms with van der Waals surface area (Å²) >= 11 is 4.62. The van der Waals surface area contributed by atoms with Crippen molar-refractivity contribution in [3.63, 3.8) is 0 Å². The number of carbonyl (C=O) groups is 1. The van der Waals surface area contributed by atoms with Gasteiger partial charge in [0.25, 0.3) is 0 Å². The lowest BCUT2D eigenvalue weighted by Gasteiger charge is -2.15. The van der Waals surface area contributed by atoms with E-state index in [9.17, 15) is 18.0 Å². The number of anilines is 1. The summed E-state index contributed by atoms with van der Waals surface area (Å²) in [6.45, 7) is 3.66. The Hall–Kier alpha value is -1.63. The van der Waals surface area contributed by atoms with Gasteiger partial charge >= 0.3 is 6.18 Å². The van der Waals surface area contributed by atoms with Crippen LogP contribution in [0.5, 0.6) is 0 Å². The van der Waals surface area contributed by atoms with Crippen LogP contribution in [0, 0.1) is 5.92 Å². The summed E-state index contributed by atoms with van der Waals surface area (Å²) in [5.74, 6) is -0.576. The Labute approximate surface area is 126 Å². The average Bonchev–Trinajstić information content (AvgIpc) is 2.37. The summed E-state index contributed by atoms with van der Waals surface area (Å²) in [6.07, 6.45) is -3.10. The van der Waals surface area contributed by atoms with Crippen LogP contribution >= 0.6 is 12.2 Å².